The molecule has 0 aliphatic carbocycles. The van der Waals surface area contributed by atoms with Gasteiger partial charge < -0.3 is 5.32 Å². The van der Waals surface area contributed by atoms with E-state index < -0.39 is 0 Å². The summed E-state index contributed by atoms with van der Waals surface area (Å²) in [5, 5.41) is 11.1. The van der Waals surface area contributed by atoms with Crippen LogP contribution >= 0.6 is 11.8 Å². The summed E-state index contributed by atoms with van der Waals surface area (Å²) in [4.78, 5) is 0. The van der Waals surface area contributed by atoms with E-state index in [0.29, 0.717) is 6.04 Å². The van der Waals surface area contributed by atoms with E-state index in [1.807, 2.05) is 18.7 Å². The summed E-state index contributed by atoms with van der Waals surface area (Å²) in [6.07, 6.45) is 2.59. The van der Waals surface area contributed by atoms with Crippen LogP contribution in [0.5, 0.6) is 0 Å². The zero-order valence-corrected chi connectivity index (χ0v) is 9.14. The maximum absolute atomic E-state index is 4.64. The Morgan fingerprint density at radius 3 is 3.14 bits per heavy atom. The van der Waals surface area contributed by atoms with Crippen LogP contribution in [0.25, 0.3) is 0 Å². The first-order chi connectivity index (χ1) is 6.86. The van der Waals surface area contributed by atoms with Crippen molar-refractivity contribution >= 4 is 11.8 Å². The average molecular weight is 213 g/mol. The monoisotopic (exact) mass is 213 g/mol. The Balaban J connectivity index is 1.79. The molecular formula is C9H15N3OS. The second-order valence-electron chi connectivity index (χ2n) is 3.59. The molecule has 1 aromatic rings. The van der Waals surface area contributed by atoms with Gasteiger partial charge in [-0.1, -0.05) is 10.3 Å². The summed E-state index contributed by atoms with van der Waals surface area (Å²) >= 11 is 2.02. The van der Waals surface area contributed by atoms with Gasteiger partial charge in [0.25, 0.3) is 0 Å². The molecule has 1 aliphatic heterocycles. The van der Waals surface area contributed by atoms with Crippen molar-refractivity contribution in [3.05, 3.63) is 11.4 Å². The molecule has 4 nitrogen and oxygen atoms in total. The molecular weight excluding hydrogens is 198 g/mol. The minimum Gasteiger partial charge on any atom is -0.307 e. The van der Waals surface area contributed by atoms with E-state index in [2.05, 4.69) is 20.3 Å². The molecule has 0 bridgehead atoms. The summed E-state index contributed by atoms with van der Waals surface area (Å²) in [5.74, 6) is 2.52. The fourth-order valence-corrected chi connectivity index (χ4v) is 2.66. The van der Waals surface area contributed by atoms with Gasteiger partial charge >= 0.3 is 0 Å². The van der Waals surface area contributed by atoms with E-state index in [1.54, 1.807) is 0 Å². The van der Waals surface area contributed by atoms with E-state index in [0.717, 1.165) is 17.9 Å². The van der Waals surface area contributed by atoms with E-state index in [4.69, 9.17) is 0 Å². The standard InChI is InChI=1S/C9H15N3OS/c1-7-9(12-13-11-7)5-10-8-3-2-4-14-6-8/h8,10H,2-6H2,1H3. The molecule has 14 heavy (non-hydrogen) atoms. The van der Waals surface area contributed by atoms with Crippen LogP contribution in [-0.2, 0) is 6.54 Å². The Labute approximate surface area is 87.8 Å². The summed E-state index contributed by atoms with van der Waals surface area (Å²) < 4.78 is 4.64. The zero-order chi connectivity index (χ0) is 9.80. The molecule has 1 saturated heterocycles. The fourth-order valence-electron chi connectivity index (χ4n) is 1.55. The third-order valence-electron chi connectivity index (χ3n) is 2.46. The maximum atomic E-state index is 4.64. The van der Waals surface area contributed by atoms with E-state index in [-0.39, 0.29) is 0 Å². The van der Waals surface area contributed by atoms with Crippen LogP contribution < -0.4 is 5.32 Å². The van der Waals surface area contributed by atoms with Crippen molar-refractivity contribution in [2.45, 2.75) is 32.4 Å². The Morgan fingerprint density at radius 2 is 2.50 bits per heavy atom. The number of hydrogen-bond acceptors (Lipinski definition) is 5. The quantitative estimate of drug-likeness (QED) is 0.821. The second-order valence-corrected chi connectivity index (χ2v) is 4.74. The minimum atomic E-state index is 0.629. The van der Waals surface area contributed by atoms with Crippen LogP contribution in [0.4, 0.5) is 0 Å². The fraction of sp³-hybridized carbons (Fsp3) is 0.778. The number of nitrogens with zero attached hydrogens (tertiary/aromatic N) is 2. The van der Waals surface area contributed by atoms with Gasteiger partial charge in [0.05, 0.1) is 0 Å². The molecule has 1 aromatic heterocycles. The van der Waals surface area contributed by atoms with Gasteiger partial charge in [-0.15, -0.1) is 0 Å². The third kappa shape index (κ3) is 2.48. The smallest absolute Gasteiger partial charge is 0.121 e. The maximum Gasteiger partial charge on any atom is 0.121 e. The Morgan fingerprint density at radius 1 is 1.57 bits per heavy atom. The average Bonchev–Trinajstić information content (AvgIpc) is 2.63. The zero-order valence-electron chi connectivity index (χ0n) is 8.32. The number of thioether (sulfide) groups is 1. The van der Waals surface area contributed by atoms with E-state index in [9.17, 15) is 0 Å². The Bertz CT molecular complexity index is 283. The molecule has 0 radical (unpaired) electrons. The molecule has 1 fully saturated rings. The van der Waals surface area contributed by atoms with Crippen molar-refractivity contribution in [1.29, 1.82) is 0 Å². The van der Waals surface area contributed by atoms with Gasteiger partial charge in [-0.2, -0.15) is 11.8 Å². The Hall–Kier alpha value is -0.550. The third-order valence-corrected chi connectivity index (χ3v) is 3.68. The number of nitrogens with one attached hydrogen (secondary N) is 1. The first-order valence-corrected chi connectivity index (χ1v) is 6.11. The van der Waals surface area contributed by atoms with Gasteiger partial charge in [-0.05, 0) is 25.5 Å². The molecule has 0 spiro atoms. The van der Waals surface area contributed by atoms with Crippen LogP contribution in [0.3, 0.4) is 0 Å². The highest BCUT2D eigenvalue weighted by molar-refractivity contribution is 7.99. The summed E-state index contributed by atoms with van der Waals surface area (Å²) in [6, 6.07) is 0.629. The highest BCUT2D eigenvalue weighted by atomic mass is 32.2. The van der Waals surface area contributed by atoms with Crippen molar-refractivity contribution in [3.8, 4) is 0 Å². The predicted octanol–water partition coefficient (Wildman–Crippen LogP) is 1.36. The molecule has 0 aromatic carbocycles. The van der Waals surface area contributed by atoms with Crippen LogP contribution in [0, 0.1) is 6.92 Å². The normalized spacial score (nSPS) is 22.5. The van der Waals surface area contributed by atoms with Crippen molar-refractivity contribution < 1.29 is 4.63 Å². The molecule has 1 unspecified atom stereocenters. The van der Waals surface area contributed by atoms with Gasteiger partial charge in [0, 0.05) is 18.3 Å². The Kier molecular flexibility index (Phi) is 3.42. The lowest BCUT2D eigenvalue weighted by Gasteiger charge is -2.21. The minimum absolute atomic E-state index is 0.629. The van der Waals surface area contributed by atoms with Gasteiger partial charge in [-0.25, -0.2) is 4.63 Å². The lowest BCUT2D eigenvalue weighted by Crippen LogP contribution is -2.33. The molecule has 2 rings (SSSR count). The largest absolute Gasteiger partial charge is 0.307 e. The summed E-state index contributed by atoms with van der Waals surface area (Å²) in [7, 11) is 0. The number of hydrogen-bond donors (Lipinski definition) is 1. The molecule has 0 amide bonds. The molecule has 1 N–H and O–H groups in total. The molecule has 1 atom stereocenters. The van der Waals surface area contributed by atoms with E-state index in [1.165, 1.54) is 24.3 Å². The molecule has 0 saturated carbocycles. The predicted molar refractivity (Wildman–Crippen MR) is 56.2 cm³/mol. The van der Waals surface area contributed by atoms with Gasteiger partial charge in [0.1, 0.15) is 11.4 Å². The van der Waals surface area contributed by atoms with Crippen LogP contribution in [0.2, 0.25) is 0 Å². The SMILES string of the molecule is Cc1nonc1CNC1CCCSC1. The highest BCUT2D eigenvalue weighted by Gasteiger charge is 2.14. The van der Waals surface area contributed by atoms with Gasteiger partial charge in [-0.3, -0.25) is 0 Å². The topological polar surface area (TPSA) is 51.0 Å². The van der Waals surface area contributed by atoms with E-state index >= 15 is 0 Å². The second kappa shape index (κ2) is 4.79. The van der Waals surface area contributed by atoms with Crippen molar-refractivity contribution in [3.63, 3.8) is 0 Å². The van der Waals surface area contributed by atoms with Crippen LogP contribution in [0.1, 0.15) is 24.2 Å². The summed E-state index contributed by atoms with van der Waals surface area (Å²) in [6.45, 7) is 2.70. The number of aryl methyl sites for hydroxylation is 1. The van der Waals surface area contributed by atoms with Crippen LogP contribution in [-0.4, -0.2) is 27.9 Å². The van der Waals surface area contributed by atoms with Crippen LogP contribution in [0.15, 0.2) is 4.63 Å². The number of aromatic nitrogens is 2. The lowest BCUT2D eigenvalue weighted by molar-refractivity contribution is 0.299. The van der Waals surface area contributed by atoms with Crippen molar-refractivity contribution in [2.24, 2.45) is 0 Å². The summed E-state index contributed by atoms with van der Waals surface area (Å²) in [5.41, 5.74) is 1.82. The number of rotatable bonds is 3. The molecule has 78 valence electrons. The van der Waals surface area contributed by atoms with Crippen molar-refractivity contribution in [1.82, 2.24) is 15.6 Å². The highest BCUT2D eigenvalue weighted by Crippen LogP contribution is 2.17. The lowest BCUT2D eigenvalue weighted by atomic mass is 10.2. The van der Waals surface area contributed by atoms with Crippen molar-refractivity contribution in [2.75, 3.05) is 11.5 Å². The molecule has 5 heteroatoms. The van der Waals surface area contributed by atoms with Gasteiger partial charge in [0.2, 0.25) is 0 Å². The molecule has 2 heterocycles. The first kappa shape index (κ1) is 9.98. The first-order valence-electron chi connectivity index (χ1n) is 4.95. The molecule has 1 aliphatic rings. The van der Waals surface area contributed by atoms with Gasteiger partial charge in [0.15, 0.2) is 0 Å².